The van der Waals surface area contributed by atoms with Gasteiger partial charge in [-0.15, -0.1) is 0 Å². The molecule has 1 aromatic heterocycles. The number of piperidine rings is 1. The Kier molecular flexibility index (Phi) is 8.63. The van der Waals surface area contributed by atoms with E-state index in [0.29, 0.717) is 18.9 Å². The number of fused-ring (bicyclic) bond motifs is 1. The maximum absolute atomic E-state index is 12.5. The summed E-state index contributed by atoms with van der Waals surface area (Å²) < 4.78 is 9.16. The van der Waals surface area contributed by atoms with E-state index in [4.69, 9.17) is 9.84 Å². The van der Waals surface area contributed by atoms with Crippen molar-refractivity contribution in [1.29, 1.82) is 0 Å². The summed E-state index contributed by atoms with van der Waals surface area (Å²) in [5, 5.41) is 8.16. The van der Waals surface area contributed by atoms with Crippen LogP contribution in [0.2, 0.25) is 0 Å². The standard InChI is InChI=1S/C32H40BrN5O3/c1-36-29-21-24(9-12-27(29)31(35-36)28-13-14-30(39)34-32(28)40)38-18-16-37(17-19-38)15-3-4-22-7-10-25(11-8-22)41-26-6-2-5-23(33)20-26/h2,5-6,9,12,20-22,25,28H,3-4,7-8,10-11,13-19H2,1H3,(H,34,39,40). The molecular formula is C32H40BrN5O3. The Hall–Kier alpha value is -2.91. The van der Waals surface area contributed by atoms with Crippen LogP contribution in [0, 0.1) is 5.92 Å². The number of nitrogens with one attached hydrogen (secondary N) is 1. The Balaban J connectivity index is 0.948. The van der Waals surface area contributed by atoms with Gasteiger partial charge in [-0.2, -0.15) is 5.10 Å². The summed E-state index contributed by atoms with van der Waals surface area (Å²) in [5.41, 5.74) is 3.01. The van der Waals surface area contributed by atoms with Crippen molar-refractivity contribution in [3.8, 4) is 5.75 Å². The number of benzene rings is 2. The molecule has 8 nitrogen and oxygen atoms in total. The van der Waals surface area contributed by atoms with E-state index in [1.807, 2.05) is 29.9 Å². The Morgan fingerprint density at radius 1 is 1.00 bits per heavy atom. The first-order chi connectivity index (χ1) is 19.9. The van der Waals surface area contributed by atoms with Gasteiger partial charge in [-0.1, -0.05) is 22.0 Å². The topological polar surface area (TPSA) is 79.7 Å². The smallest absolute Gasteiger partial charge is 0.235 e. The summed E-state index contributed by atoms with van der Waals surface area (Å²) in [6.45, 7) is 5.37. The number of halogens is 1. The molecule has 9 heteroatoms. The number of carbonyl (C=O) groups excluding carboxylic acids is 2. The van der Waals surface area contributed by atoms with Crippen molar-refractivity contribution in [3.63, 3.8) is 0 Å². The van der Waals surface area contributed by atoms with Gasteiger partial charge < -0.3 is 9.64 Å². The van der Waals surface area contributed by atoms with Crippen LogP contribution in [-0.2, 0) is 16.6 Å². The predicted molar refractivity (Wildman–Crippen MR) is 164 cm³/mol. The van der Waals surface area contributed by atoms with Gasteiger partial charge in [0, 0.05) is 55.2 Å². The zero-order valence-corrected chi connectivity index (χ0v) is 25.4. The minimum Gasteiger partial charge on any atom is -0.490 e. The number of hydrogen-bond donors (Lipinski definition) is 1. The summed E-state index contributed by atoms with van der Waals surface area (Å²) in [6.07, 6.45) is 8.68. The maximum Gasteiger partial charge on any atom is 0.235 e. The van der Waals surface area contributed by atoms with Gasteiger partial charge in [-0.25, -0.2) is 0 Å². The number of piperazine rings is 1. The largest absolute Gasteiger partial charge is 0.490 e. The molecule has 218 valence electrons. The summed E-state index contributed by atoms with van der Waals surface area (Å²) in [7, 11) is 1.93. The second kappa shape index (κ2) is 12.5. The van der Waals surface area contributed by atoms with E-state index >= 15 is 0 Å². The van der Waals surface area contributed by atoms with Gasteiger partial charge in [0.25, 0.3) is 0 Å². The SMILES string of the molecule is Cn1nc(C2CCC(=O)NC2=O)c2ccc(N3CCN(CCCC4CCC(Oc5cccc(Br)c5)CC4)CC3)cc21. The van der Waals surface area contributed by atoms with Crippen LogP contribution in [0.25, 0.3) is 10.9 Å². The lowest BCUT2D eigenvalue weighted by Crippen LogP contribution is -2.46. The third kappa shape index (κ3) is 6.61. The lowest BCUT2D eigenvalue weighted by Gasteiger charge is -2.36. The molecule has 3 fully saturated rings. The first-order valence-electron chi connectivity index (χ1n) is 15.1. The molecule has 1 unspecified atom stereocenters. The van der Waals surface area contributed by atoms with Crippen molar-refractivity contribution >= 4 is 44.3 Å². The van der Waals surface area contributed by atoms with E-state index in [-0.39, 0.29) is 17.7 Å². The molecule has 0 radical (unpaired) electrons. The van der Waals surface area contributed by atoms with Crippen molar-refractivity contribution in [2.75, 3.05) is 37.6 Å². The molecule has 2 aliphatic heterocycles. The number of ether oxygens (including phenoxy) is 1. The van der Waals surface area contributed by atoms with E-state index in [0.717, 1.165) is 71.8 Å². The fourth-order valence-corrected chi connectivity index (χ4v) is 7.16. The number of anilines is 1. The lowest BCUT2D eigenvalue weighted by molar-refractivity contribution is -0.134. The molecule has 1 aliphatic carbocycles. The van der Waals surface area contributed by atoms with Crippen LogP contribution in [0.3, 0.4) is 0 Å². The highest BCUT2D eigenvalue weighted by Gasteiger charge is 2.32. The second-order valence-corrected chi connectivity index (χ2v) is 12.8. The lowest BCUT2D eigenvalue weighted by atomic mass is 9.84. The highest BCUT2D eigenvalue weighted by molar-refractivity contribution is 9.10. The Morgan fingerprint density at radius 3 is 2.56 bits per heavy atom. The van der Waals surface area contributed by atoms with Gasteiger partial charge in [0.15, 0.2) is 0 Å². The third-order valence-electron chi connectivity index (χ3n) is 9.15. The Labute approximate surface area is 250 Å². The minimum absolute atomic E-state index is 0.196. The van der Waals surface area contributed by atoms with E-state index in [1.165, 1.54) is 37.9 Å². The average molecular weight is 623 g/mol. The van der Waals surface area contributed by atoms with Crippen molar-refractivity contribution in [3.05, 3.63) is 52.6 Å². The minimum atomic E-state index is -0.369. The molecule has 1 N–H and O–H groups in total. The molecule has 3 heterocycles. The number of aromatic nitrogens is 2. The quantitative estimate of drug-likeness (QED) is 0.340. The molecule has 2 amide bonds. The molecule has 2 aromatic carbocycles. The van der Waals surface area contributed by atoms with Gasteiger partial charge in [0.05, 0.1) is 23.2 Å². The molecule has 3 aromatic rings. The highest BCUT2D eigenvalue weighted by atomic mass is 79.9. The number of amides is 2. The zero-order valence-electron chi connectivity index (χ0n) is 23.9. The molecular weight excluding hydrogens is 582 g/mol. The average Bonchev–Trinajstić information content (AvgIpc) is 3.29. The summed E-state index contributed by atoms with van der Waals surface area (Å²) in [6, 6.07) is 14.6. The van der Waals surface area contributed by atoms with E-state index in [9.17, 15) is 9.59 Å². The van der Waals surface area contributed by atoms with Crippen LogP contribution >= 0.6 is 15.9 Å². The van der Waals surface area contributed by atoms with Crippen LogP contribution in [0.5, 0.6) is 5.75 Å². The van der Waals surface area contributed by atoms with Crippen LogP contribution < -0.4 is 15.0 Å². The number of rotatable bonds is 8. The van der Waals surface area contributed by atoms with Gasteiger partial charge >= 0.3 is 0 Å². The molecule has 41 heavy (non-hydrogen) atoms. The van der Waals surface area contributed by atoms with Crippen LogP contribution in [0.15, 0.2) is 46.9 Å². The highest BCUT2D eigenvalue weighted by Crippen LogP contribution is 2.33. The van der Waals surface area contributed by atoms with Crippen LogP contribution in [0.4, 0.5) is 5.69 Å². The Bertz CT molecular complexity index is 1390. The predicted octanol–water partition coefficient (Wildman–Crippen LogP) is 5.40. The third-order valence-corrected chi connectivity index (χ3v) is 9.64. The van der Waals surface area contributed by atoms with E-state index in [1.54, 1.807) is 0 Å². The fourth-order valence-electron chi connectivity index (χ4n) is 6.79. The van der Waals surface area contributed by atoms with Crippen molar-refractivity contribution in [2.45, 2.75) is 63.4 Å². The number of aryl methyl sites for hydroxylation is 1. The summed E-state index contributed by atoms with van der Waals surface area (Å²) >= 11 is 3.53. The molecule has 1 saturated carbocycles. The van der Waals surface area contributed by atoms with Gasteiger partial charge in [0.2, 0.25) is 11.8 Å². The molecule has 3 aliphatic rings. The van der Waals surface area contributed by atoms with Gasteiger partial charge in [-0.05, 0) is 93.8 Å². The van der Waals surface area contributed by atoms with Crippen LogP contribution in [-0.4, -0.2) is 65.3 Å². The first kappa shape index (κ1) is 28.2. The van der Waals surface area contributed by atoms with Gasteiger partial charge in [-0.3, -0.25) is 24.5 Å². The van der Waals surface area contributed by atoms with Gasteiger partial charge in [0.1, 0.15) is 5.75 Å². The molecule has 2 saturated heterocycles. The molecule has 0 spiro atoms. The molecule has 6 rings (SSSR count). The van der Waals surface area contributed by atoms with Crippen molar-refractivity contribution < 1.29 is 14.3 Å². The normalized spacial score (nSPS) is 24.0. The Morgan fingerprint density at radius 2 is 1.80 bits per heavy atom. The summed E-state index contributed by atoms with van der Waals surface area (Å²) in [5.74, 6) is 0.998. The van der Waals surface area contributed by atoms with E-state index < -0.39 is 0 Å². The second-order valence-electron chi connectivity index (χ2n) is 11.9. The number of nitrogens with zero attached hydrogens (tertiary/aromatic N) is 4. The van der Waals surface area contributed by atoms with E-state index in [2.05, 4.69) is 55.3 Å². The molecule has 0 bridgehead atoms. The fraction of sp³-hybridized carbons (Fsp3) is 0.531. The number of imide groups is 1. The van der Waals surface area contributed by atoms with Crippen molar-refractivity contribution in [1.82, 2.24) is 20.0 Å². The maximum atomic E-state index is 12.5. The number of carbonyl (C=O) groups is 2. The monoisotopic (exact) mass is 621 g/mol. The first-order valence-corrected chi connectivity index (χ1v) is 15.9. The zero-order chi connectivity index (χ0) is 28.3. The summed E-state index contributed by atoms with van der Waals surface area (Å²) in [4.78, 5) is 29.1. The van der Waals surface area contributed by atoms with Crippen molar-refractivity contribution in [2.24, 2.45) is 13.0 Å². The molecule has 1 atom stereocenters. The van der Waals surface area contributed by atoms with Crippen LogP contribution in [0.1, 0.15) is 63.0 Å². The number of hydrogen-bond acceptors (Lipinski definition) is 6.